The van der Waals surface area contributed by atoms with E-state index in [1.807, 2.05) is 30.9 Å². The Morgan fingerprint density at radius 1 is 1.14 bits per heavy atom. The molecule has 6 nitrogen and oxygen atoms in total. The zero-order valence-corrected chi connectivity index (χ0v) is 18.6. The summed E-state index contributed by atoms with van der Waals surface area (Å²) in [7, 11) is 0. The maximum absolute atomic E-state index is 13.1. The molecule has 3 amide bonds. The Morgan fingerprint density at radius 3 is 2.34 bits per heavy atom. The minimum absolute atomic E-state index is 0.0441. The van der Waals surface area contributed by atoms with Crippen LogP contribution in [0.5, 0.6) is 0 Å². The summed E-state index contributed by atoms with van der Waals surface area (Å²) in [6, 6.07) is 3.53. The summed E-state index contributed by atoms with van der Waals surface area (Å²) < 4.78 is 0.992. The fourth-order valence-electron chi connectivity index (χ4n) is 4.34. The number of likely N-dealkylation sites (tertiary alicyclic amines) is 1. The fourth-order valence-corrected chi connectivity index (χ4v) is 5.03. The lowest BCUT2D eigenvalue weighted by Gasteiger charge is -2.36. The third-order valence-electron chi connectivity index (χ3n) is 5.83. The predicted octanol–water partition coefficient (Wildman–Crippen LogP) is 3.10. The number of hydrogen-bond acceptors (Lipinski definition) is 3. The Labute approximate surface area is 180 Å². The molecule has 1 N–H and O–H groups in total. The van der Waals surface area contributed by atoms with Crippen molar-refractivity contribution >= 4 is 39.3 Å². The summed E-state index contributed by atoms with van der Waals surface area (Å²) in [5, 5.41) is 2.98. The summed E-state index contributed by atoms with van der Waals surface area (Å²) >= 11 is 3.50. The van der Waals surface area contributed by atoms with E-state index < -0.39 is 6.04 Å². The number of hydrogen-bond donors (Lipinski definition) is 1. The maximum Gasteiger partial charge on any atom is 0.249 e. The van der Waals surface area contributed by atoms with Crippen molar-refractivity contribution in [2.45, 2.75) is 45.6 Å². The molecule has 0 radical (unpaired) electrons. The van der Waals surface area contributed by atoms with Crippen molar-refractivity contribution in [3.05, 3.63) is 40.4 Å². The van der Waals surface area contributed by atoms with Crippen LogP contribution in [0.1, 0.15) is 36.8 Å². The molecular weight excluding hydrogens is 434 g/mol. The van der Waals surface area contributed by atoms with Gasteiger partial charge in [-0.25, -0.2) is 0 Å². The highest BCUT2D eigenvalue weighted by atomic mass is 79.9. The third kappa shape index (κ3) is 4.71. The minimum Gasteiger partial charge on any atom is -0.344 e. The molecule has 0 aliphatic carbocycles. The van der Waals surface area contributed by atoms with Gasteiger partial charge >= 0.3 is 0 Å². The van der Waals surface area contributed by atoms with Crippen LogP contribution in [-0.4, -0.2) is 48.3 Å². The second-order valence-electron chi connectivity index (χ2n) is 7.89. The van der Waals surface area contributed by atoms with Crippen LogP contribution in [-0.2, 0) is 14.4 Å². The lowest BCUT2D eigenvalue weighted by Crippen LogP contribution is -2.54. The van der Waals surface area contributed by atoms with Gasteiger partial charge in [0.1, 0.15) is 6.04 Å². The number of carbonyl (C=O) groups excluding carboxylic acids is 3. The second-order valence-corrected chi connectivity index (χ2v) is 8.80. The molecule has 7 heteroatoms. The van der Waals surface area contributed by atoms with Gasteiger partial charge in [0.15, 0.2) is 0 Å². The molecule has 0 aromatic heterocycles. The van der Waals surface area contributed by atoms with Gasteiger partial charge in [-0.15, -0.1) is 0 Å². The third-order valence-corrected chi connectivity index (χ3v) is 6.29. The van der Waals surface area contributed by atoms with Gasteiger partial charge in [-0.2, -0.15) is 0 Å². The molecule has 0 bridgehead atoms. The molecule has 2 aliphatic rings. The van der Waals surface area contributed by atoms with Crippen molar-refractivity contribution < 1.29 is 14.4 Å². The van der Waals surface area contributed by atoms with Crippen LogP contribution in [0.4, 0.5) is 5.69 Å². The number of benzene rings is 1. The van der Waals surface area contributed by atoms with Gasteiger partial charge in [0.2, 0.25) is 17.7 Å². The maximum atomic E-state index is 13.1. The Morgan fingerprint density at radius 2 is 1.76 bits per heavy atom. The topological polar surface area (TPSA) is 69.7 Å². The molecule has 1 aromatic carbocycles. The number of nitrogens with zero attached hydrogens (tertiary/aromatic N) is 2. The molecule has 2 aliphatic heterocycles. The first-order valence-electron chi connectivity index (χ1n) is 10.1. The first kappa shape index (κ1) is 21.6. The van der Waals surface area contributed by atoms with Gasteiger partial charge in [-0.3, -0.25) is 14.4 Å². The van der Waals surface area contributed by atoms with E-state index in [0.717, 1.165) is 27.7 Å². The minimum atomic E-state index is -0.494. The van der Waals surface area contributed by atoms with Gasteiger partial charge in [0.05, 0.1) is 0 Å². The predicted molar refractivity (Wildman–Crippen MR) is 117 cm³/mol. The molecule has 0 spiro atoms. The van der Waals surface area contributed by atoms with Gasteiger partial charge in [0, 0.05) is 35.7 Å². The van der Waals surface area contributed by atoms with Gasteiger partial charge in [-0.1, -0.05) is 22.5 Å². The Kier molecular flexibility index (Phi) is 6.77. The van der Waals surface area contributed by atoms with Crippen LogP contribution in [0.25, 0.3) is 0 Å². The van der Waals surface area contributed by atoms with Crippen molar-refractivity contribution in [3.63, 3.8) is 0 Å². The molecule has 29 heavy (non-hydrogen) atoms. The first-order valence-corrected chi connectivity index (χ1v) is 10.9. The van der Waals surface area contributed by atoms with E-state index in [1.165, 1.54) is 6.08 Å². The monoisotopic (exact) mass is 461 g/mol. The van der Waals surface area contributed by atoms with Crippen molar-refractivity contribution in [2.75, 3.05) is 24.5 Å². The first-order chi connectivity index (χ1) is 13.8. The summed E-state index contributed by atoms with van der Waals surface area (Å²) in [6.45, 7) is 9.27. The van der Waals surface area contributed by atoms with Crippen LogP contribution in [0, 0.1) is 19.8 Å². The van der Waals surface area contributed by atoms with Crippen LogP contribution in [0.2, 0.25) is 0 Å². The van der Waals surface area contributed by atoms with Crippen molar-refractivity contribution in [2.24, 2.45) is 5.92 Å². The fraction of sp³-hybridized carbons (Fsp3) is 0.500. The molecule has 1 unspecified atom stereocenters. The van der Waals surface area contributed by atoms with E-state index in [9.17, 15) is 14.4 Å². The number of carbonyl (C=O) groups is 3. The highest BCUT2D eigenvalue weighted by Gasteiger charge is 2.34. The summed E-state index contributed by atoms with van der Waals surface area (Å²) in [6.07, 6.45) is 4.03. The van der Waals surface area contributed by atoms with E-state index in [4.69, 9.17) is 0 Å². The quantitative estimate of drug-likeness (QED) is 0.700. The highest BCUT2D eigenvalue weighted by molar-refractivity contribution is 9.10. The average molecular weight is 462 g/mol. The normalized spacial score (nSPS) is 20.5. The number of amides is 3. The number of piperidine rings is 2. The van der Waals surface area contributed by atoms with Gasteiger partial charge in [0.25, 0.3) is 0 Å². The van der Waals surface area contributed by atoms with E-state index in [1.54, 1.807) is 4.90 Å². The van der Waals surface area contributed by atoms with Crippen molar-refractivity contribution in [1.29, 1.82) is 0 Å². The number of aryl methyl sites for hydroxylation is 2. The average Bonchev–Trinajstić information content (AvgIpc) is 2.69. The second kappa shape index (κ2) is 9.11. The van der Waals surface area contributed by atoms with Crippen LogP contribution >= 0.6 is 15.9 Å². The summed E-state index contributed by atoms with van der Waals surface area (Å²) in [4.78, 5) is 41.1. The number of halogens is 1. The molecule has 0 saturated carbocycles. The molecular formula is C22H28BrN3O3. The smallest absolute Gasteiger partial charge is 0.249 e. The highest BCUT2D eigenvalue weighted by Crippen LogP contribution is 2.31. The van der Waals surface area contributed by atoms with E-state index >= 15 is 0 Å². The van der Waals surface area contributed by atoms with Gasteiger partial charge < -0.3 is 15.1 Å². The molecule has 1 atom stereocenters. The molecule has 156 valence electrons. The lowest BCUT2D eigenvalue weighted by atomic mass is 9.94. The number of anilines is 1. The van der Waals surface area contributed by atoms with Crippen LogP contribution in [0.3, 0.4) is 0 Å². The molecule has 3 rings (SSSR count). The van der Waals surface area contributed by atoms with Crippen molar-refractivity contribution in [1.82, 2.24) is 10.2 Å². The number of rotatable bonds is 4. The molecule has 2 saturated heterocycles. The Bertz CT molecular complexity index is 808. The molecule has 2 fully saturated rings. The molecule has 2 heterocycles. The summed E-state index contributed by atoms with van der Waals surface area (Å²) in [5.41, 5.74) is 3.02. The SMILES string of the molecule is C=CC(=O)N1CCC(C(=O)NC2CCCN(c3c(C)cc(Br)cc3C)C2=O)CC1. The Hall–Kier alpha value is -2.15. The van der Waals surface area contributed by atoms with Gasteiger partial charge in [-0.05, 0) is 68.9 Å². The zero-order chi connectivity index (χ0) is 21.1. The molecule has 1 aromatic rings. The Balaban J connectivity index is 1.65. The van der Waals surface area contributed by atoms with E-state index in [-0.39, 0.29) is 23.6 Å². The van der Waals surface area contributed by atoms with E-state index in [0.29, 0.717) is 38.9 Å². The number of nitrogens with one attached hydrogen (secondary N) is 1. The van der Waals surface area contributed by atoms with E-state index in [2.05, 4.69) is 27.8 Å². The summed E-state index contributed by atoms with van der Waals surface area (Å²) in [5.74, 6) is -0.386. The standard InChI is InChI=1S/C22H28BrN3O3/c1-4-19(27)25-10-7-16(8-11-25)21(28)24-18-6-5-9-26(22(18)29)20-14(2)12-17(23)13-15(20)3/h4,12-13,16,18H,1,5-11H2,2-3H3,(H,24,28). The lowest BCUT2D eigenvalue weighted by molar-refractivity contribution is -0.134. The van der Waals surface area contributed by atoms with Crippen LogP contribution < -0.4 is 10.2 Å². The van der Waals surface area contributed by atoms with Crippen molar-refractivity contribution in [3.8, 4) is 0 Å². The zero-order valence-electron chi connectivity index (χ0n) is 17.0. The van der Waals surface area contributed by atoms with Crippen LogP contribution in [0.15, 0.2) is 29.3 Å². The largest absolute Gasteiger partial charge is 0.344 e.